The van der Waals surface area contributed by atoms with E-state index in [0.717, 1.165) is 29.5 Å². The van der Waals surface area contributed by atoms with Crippen molar-refractivity contribution in [2.45, 2.75) is 40.5 Å². The molecular weight excluding hydrogens is 303 g/mol. The minimum atomic E-state index is -1.86. The molecule has 2 rings (SSSR count). The summed E-state index contributed by atoms with van der Waals surface area (Å²) in [6.45, 7) is 7.95. The molecule has 0 aliphatic rings. The van der Waals surface area contributed by atoms with Crippen LogP contribution in [0.2, 0.25) is 0 Å². The van der Waals surface area contributed by atoms with Crippen LogP contribution in [0.5, 0.6) is 0 Å². The Morgan fingerprint density at radius 2 is 1.61 bits per heavy atom. The second kappa shape index (κ2) is 7.66. The van der Waals surface area contributed by atoms with Gasteiger partial charge in [-0.1, -0.05) is 41.0 Å². The minimum absolute atomic E-state index is 0.189. The van der Waals surface area contributed by atoms with Gasteiger partial charge < -0.3 is 0 Å². The average Bonchev–Trinajstić information content (AvgIpc) is 2.53. The zero-order valence-corrected chi connectivity index (χ0v) is 15.2. The van der Waals surface area contributed by atoms with E-state index >= 15 is 0 Å². The van der Waals surface area contributed by atoms with Crippen molar-refractivity contribution >= 4 is 13.3 Å². The molecule has 0 saturated carbocycles. The summed E-state index contributed by atoms with van der Waals surface area (Å²) in [4.78, 5) is 12.6. The standard InChI is InChI=1S/C20H24O2P/c1-14-13-15(2)19(17(4)16(14)3)20(21)23(22)12-8-11-18-9-6-5-7-10-18/h5-7,9-10,13H,8,11-12H2,1-4H3/q+1. The first-order valence-corrected chi connectivity index (χ1v) is 9.46. The second-order valence-electron chi connectivity index (χ2n) is 6.13. The second-order valence-corrected chi connectivity index (χ2v) is 7.74. The first-order valence-electron chi connectivity index (χ1n) is 8.02. The summed E-state index contributed by atoms with van der Waals surface area (Å²) in [5.74, 6) is 0. The van der Waals surface area contributed by atoms with Crippen molar-refractivity contribution in [3.05, 3.63) is 69.8 Å². The van der Waals surface area contributed by atoms with E-state index in [1.54, 1.807) is 0 Å². The monoisotopic (exact) mass is 327 g/mol. The third-order valence-electron chi connectivity index (χ3n) is 4.47. The zero-order chi connectivity index (χ0) is 17.0. The van der Waals surface area contributed by atoms with Gasteiger partial charge in [0.25, 0.3) is 0 Å². The smallest absolute Gasteiger partial charge is 0.234 e. The molecule has 0 radical (unpaired) electrons. The van der Waals surface area contributed by atoms with Gasteiger partial charge >= 0.3 is 13.3 Å². The van der Waals surface area contributed by atoms with Crippen LogP contribution in [0.1, 0.15) is 44.6 Å². The lowest BCUT2D eigenvalue weighted by Gasteiger charge is -2.10. The molecule has 0 N–H and O–H groups in total. The molecular formula is C20H24O2P+. The fourth-order valence-electron chi connectivity index (χ4n) is 2.91. The van der Waals surface area contributed by atoms with Crippen molar-refractivity contribution in [3.8, 4) is 0 Å². The van der Waals surface area contributed by atoms with Gasteiger partial charge in [-0.15, -0.1) is 0 Å². The predicted molar refractivity (Wildman–Crippen MR) is 97.0 cm³/mol. The summed E-state index contributed by atoms with van der Waals surface area (Å²) in [6, 6.07) is 12.1. The van der Waals surface area contributed by atoms with Gasteiger partial charge in [-0.3, -0.25) is 0 Å². The van der Waals surface area contributed by atoms with Gasteiger partial charge in [-0.05, 0) is 68.4 Å². The van der Waals surface area contributed by atoms with Gasteiger partial charge in [0.15, 0.2) is 6.16 Å². The molecule has 0 aromatic heterocycles. The maximum Gasteiger partial charge on any atom is 0.420 e. The van der Waals surface area contributed by atoms with E-state index in [1.807, 2.05) is 52.0 Å². The van der Waals surface area contributed by atoms with Crippen LogP contribution in [0.15, 0.2) is 36.4 Å². The van der Waals surface area contributed by atoms with Crippen molar-refractivity contribution in [3.63, 3.8) is 0 Å². The Kier molecular flexibility index (Phi) is 5.85. The lowest BCUT2D eigenvalue weighted by molar-refractivity contribution is 0.107. The first-order chi connectivity index (χ1) is 10.9. The molecule has 3 heteroatoms. The van der Waals surface area contributed by atoms with Crippen LogP contribution in [0.3, 0.4) is 0 Å². The van der Waals surface area contributed by atoms with Gasteiger partial charge in [0.2, 0.25) is 0 Å². The Hall–Kier alpha value is -1.79. The third kappa shape index (κ3) is 4.14. The van der Waals surface area contributed by atoms with Crippen molar-refractivity contribution in [1.82, 2.24) is 0 Å². The molecule has 1 unspecified atom stereocenters. The fourth-order valence-corrected chi connectivity index (χ4v) is 4.15. The Morgan fingerprint density at radius 1 is 0.957 bits per heavy atom. The van der Waals surface area contributed by atoms with Gasteiger partial charge in [-0.25, -0.2) is 4.79 Å². The molecule has 1 atom stereocenters. The average molecular weight is 327 g/mol. The zero-order valence-electron chi connectivity index (χ0n) is 14.3. The minimum Gasteiger partial charge on any atom is -0.234 e. The number of hydrogen-bond donors (Lipinski definition) is 0. The third-order valence-corrected chi connectivity index (χ3v) is 5.87. The highest BCUT2D eigenvalue weighted by molar-refractivity contribution is 7.64. The quantitative estimate of drug-likeness (QED) is 0.655. The number of carbonyl (C=O) groups excluding carboxylic acids is 1. The summed E-state index contributed by atoms with van der Waals surface area (Å²) in [5.41, 5.74) is 5.89. The van der Waals surface area contributed by atoms with Crippen LogP contribution in [0.25, 0.3) is 0 Å². The summed E-state index contributed by atoms with van der Waals surface area (Å²) in [7, 11) is -1.86. The molecule has 0 aliphatic heterocycles. The first kappa shape index (κ1) is 17.6. The molecule has 2 aromatic carbocycles. The predicted octanol–water partition coefficient (Wildman–Crippen LogP) is 5.52. The van der Waals surface area contributed by atoms with E-state index in [9.17, 15) is 9.36 Å². The maximum absolute atomic E-state index is 12.6. The number of benzene rings is 2. The number of aryl methyl sites for hydroxylation is 3. The van der Waals surface area contributed by atoms with Crippen molar-refractivity contribution < 1.29 is 9.36 Å². The molecule has 0 aliphatic carbocycles. The van der Waals surface area contributed by atoms with Gasteiger partial charge in [0.05, 0.1) is 5.56 Å². The highest BCUT2D eigenvalue weighted by Crippen LogP contribution is 2.33. The Balaban J connectivity index is 2.06. The van der Waals surface area contributed by atoms with Crippen LogP contribution in [-0.4, -0.2) is 11.7 Å². The Morgan fingerprint density at radius 3 is 2.26 bits per heavy atom. The van der Waals surface area contributed by atoms with E-state index in [4.69, 9.17) is 0 Å². The van der Waals surface area contributed by atoms with Crippen LogP contribution >= 0.6 is 7.80 Å². The summed E-state index contributed by atoms with van der Waals surface area (Å²) >= 11 is 0. The topological polar surface area (TPSA) is 34.1 Å². The molecule has 0 fully saturated rings. The van der Waals surface area contributed by atoms with Gasteiger partial charge in [0, 0.05) is 0 Å². The molecule has 0 spiro atoms. The lowest BCUT2D eigenvalue weighted by atomic mass is 9.95. The molecule has 2 nitrogen and oxygen atoms in total. The highest BCUT2D eigenvalue weighted by Gasteiger charge is 2.32. The van der Waals surface area contributed by atoms with E-state index < -0.39 is 7.80 Å². The Labute approximate surface area is 139 Å². The van der Waals surface area contributed by atoms with Crippen molar-refractivity contribution in [2.24, 2.45) is 0 Å². The van der Waals surface area contributed by atoms with E-state index in [0.29, 0.717) is 11.7 Å². The van der Waals surface area contributed by atoms with Crippen LogP contribution < -0.4 is 0 Å². The largest absolute Gasteiger partial charge is 0.420 e. The molecule has 0 saturated heterocycles. The molecule has 0 amide bonds. The number of rotatable bonds is 6. The normalized spacial score (nSPS) is 11.4. The summed E-state index contributed by atoms with van der Waals surface area (Å²) in [6.07, 6.45) is 2.09. The SMILES string of the molecule is Cc1cc(C)c(C(=O)[P+](=O)CCCc2ccccc2)c(C)c1C. The van der Waals surface area contributed by atoms with Crippen LogP contribution in [0.4, 0.5) is 0 Å². The summed E-state index contributed by atoms with van der Waals surface area (Å²) in [5, 5.41) is 0. The van der Waals surface area contributed by atoms with Crippen LogP contribution in [0, 0.1) is 27.7 Å². The van der Waals surface area contributed by atoms with E-state index in [2.05, 4.69) is 12.1 Å². The number of hydrogen-bond acceptors (Lipinski definition) is 2. The number of carbonyl (C=O) groups is 1. The fraction of sp³-hybridized carbons (Fsp3) is 0.350. The molecule has 0 bridgehead atoms. The molecule has 0 heterocycles. The molecule has 23 heavy (non-hydrogen) atoms. The Bertz CT molecular complexity index is 733. The van der Waals surface area contributed by atoms with Crippen LogP contribution in [-0.2, 0) is 11.0 Å². The van der Waals surface area contributed by atoms with Crippen molar-refractivity contribution in [2.75, 3.05) is 6.16 Å². The summed E-state index contributed by atoms with van der Waals surface area (Å²) < 4.78 is 12.4. The van der Waals surface area contributed by atoms with Crippen molar-refractivity contribution in [1.29, 1.82) is 0 Å². The highest BCUT2D eigenvalue weighted by atomic mass is 31.1. The molecule has 2 aromatic rings. The maximum atomic E-state index is 12.6. The van der Waals surface area contributed by atoms with Gasteiger partial charge in [-0.2, -0.15) is 0 Å². The van der Waals surface area contributed by atoms with E-state index in [-0.39, 0.29) is 5.52 Å². The van der Waals surface area contributed by atoms with Gasteiger partial charge in [0.1, 0.15) is 0 Å². The van der Waals surface area contributed by atoms with E-state index in [1.165, 1.54) is 11.1 Å². The lowest BCUT2D eigenvalue weighted by Crippen LogP contribution is -2.05. The molecule has 120 valence electrons.